The van der Waals surface area contributed by atoms with E-state index in [2.05, 4.69) is 0 Å². The molecule has 0 aliphatic heterocycles. The largest absolute Gasteiger partial charge is 0.493 e. The molecule has 0 aliphatic carbocycles. The smallest absolute Gasteiger partial charge is 0.243 e. The van der Waals surface area contributed by atoms with Crippen molar-refractivity contribution < 1.29 is 26.0 Å². The number of hydrogen-bond donors (Lipinski definition) is 0. The second-order valence-electron chi connectivity index (χ2n) is 5.40. The first-order valence-corrected chi connectivity index (χ1v) is 10.9. The number of sulfone groups is 1. The molecule has 2 aromatic rings. The summed E-state index contributed by atoms with van der Waals surface area (Å²) < 4.78 is 59.6. The third-order valence-electron chi connectivity index (χ3n) is 3.59. The van der Waals surface area contributed by atoms with Crippen LogP contribution in [0.2, 0.25) is 0 Å². The molecule has 0 unspecified atom stereocenters. The molecule has 1 aromatic heterocycles. The summed E-state index contributed by atoms with van der Waals surface area (Å²) in [5, 5.41) is 0. The van der Waals surface area contributed by atoms with Crippen molar-refractivity contribution in [1.29, 1.82) is 0 Å². The summed E-state index contributed by atoms with van der Waals surface area (Å²) in [6.07, 6.45) is 1.49. The molecule has 0 bridgehead atoms. The van der Waals surface area contributed by atoms with Gasteiger partial charge in [0.15, 0.2) is 9.84 Å². The van der Waals surface area contributed by atoms with Gasteiger partial charge in [-0.3, -0.25) is 0 Å². The minimum Gasteiger partial charge on any atom is -0.493 e. The first kappa shape index (κ1) is 19.5. The summed E-state index contributed by atoms with van der Waals surface area (Å²) in [7, 11) is -5.28. The Balaban J connectivity index is 2.00. The standard InChI is InChI=1S/C16H21NO6S2/c1-3-24(18,19)12-11-23-14-6-8-16(9-7-14)25(20,21)17(2)13-15-5-4-10-22-15/h4-10H,3,11-13H2,1-2H3. The van der Waals surface area contributed by atoms with Crippen LogP contribution in [0, 0.1) is 0 Å². The Bertz CT molecular complexity index is 871. The van der Waals surface area contributed by atoms with Crippen LogP contribution in [-0.4, -0.2) is 46.3 Å². The van der Waals surface area contributed by atoms with Crippen LogP contribution in [-0.2, 0) is 26.4 Å². The molecule has 7 nitrogen and oxygen atoms in total. The predicted octanol–water partition coefficient (Wildman–Crippen LogP) is 1.91. The quantitative estimate of drug-likeness (QED) is 0.652. The van der Waals surface area contributed by atoms with Gasteiger partial charge in [0.25, 0.3) is 0 Å². The van der Waals surface area contributed by atoms with Crippen molar-refractivity contribution in [2.24, 2.45) is 0 Å². The Morgan fingerprint density at radius 1 is 1.08 bits per heavy atom. The van der Waals surface area contributed by atoms with E-state index in [-0.39, 0.29) is 29.6 Å². The molecule has 0 atom stereocenters. The number of sulfonamides is 1. The fourth-order valence-corrected chi connectivity index (χ4v) is 3.79. The van der Waals surface area contributed by atoms with Gasteiger partial charge in [-0.1, -0.05) is 6.92 Å². The van der Waals surface area contributed by atoms with E-state index >= 15 is 0 Å². The van der Waals surface area contributed by atoms with Gasteiger partial charge >= 0.3 is 0 Å². The number of benzene rings is 1. The number of rotatable bonds is 9. The van der Waals surface area contributed by atoms with E-state index in [1.54, 1.807) is 19.1 Å². The van der Waals surface area contributed by atoms with Crippen molar-refractivity contribution in [2.75, 3.05) is 25.2 Å². The highest BCUT2D eigenvalue weighted by molar-refractivity contribution is 7.91. The third kappa shape index (κ3) is 5.32. The van der Waals surface area contributed by atoms with Crippen molar-refractivity contribution >= 4 is 19.9 Å². The maximum Gasteiger partial charge on any atom is 0.243 e. The van der Waals surface area contributed by atoms with Gasteiger partial charge in [-0.25, -0.2) is 16.8 Å². The van der Waals surface area contributed by atoms with Gasteiger partial charge in [0.05, 0.1) is 23.5 Å². The van der Waals surface area contributed by atoms with Crippen LogP contribution in [0.15, 0.2) is 52.0 Å². The Labute approximate surface area is 148 Å². The van der Waals surface area contributed by atoms with Crippen LogP contribution in [0.25, 0.3) is 0 Å². The number of hydrogen-bond acceptors (Lipinski definition) is 6. The summed E-state index contributed by atoms with van der Waals surface area (Å²) in [5.41, 5.74) is 0. The molecule has 1 heterocycles. The van der Waals surface area contributed by atoms with E-state index in [9.17, 15) is 16.8 Å². The van der Waals surface area contributed by atoms with Crippen LogP contribution < -0.4 is 4.74 Å². The topological polar surface area (TPSA) is 93.9 Å². The van der Waals surface area contributed by atoms with E-state index in [0.717, 1.165) is 0 Å². The zero-order valence-electron chi connectivity index (χ0n) is 14.1. The lowest BCUT2D eigenvalue weighted by Crippen LogP contribution is -2.26. The maximum absolute atomic E-state index is 12.5. The molecule has 0 amide bonds. The van der Waals surface area contributed by atoms with Gasteiger partial charge in [-0.15, -0.1) is 0 Å². The zero-order valence-corrected chi connectivity index (χ0v) is 15.7. The molecule has 0 saturated heterocycles. The highest BCUT2D eigenvalue weighted by Gasteiger charge is 2.21. The van der Waals surface area contributed by atoms with Crippen molar-refractivity contribution in [3.05, 3.63) is 48.4 Å². The summed E-state index contributed by atoms with van der Waals surface area (Å²) >= 11 is 0. The molecule has 1 aromatic carbocycles. The highest BCUT2D eigenvalue weighted by Crippen LogP contribution is 2.20. The monoisotopic (exact) mass is 387 g/mol. The van der Waals surface area contributed by atoms with Gasteiger partial charge in [-0.05, 0) is 36.4 Å². The summed E-state index contributed by atoms with van der Waals surface area (Å²) in [6.45, 7) is 1.73. The SMILES string of the molecule is CCS(=O)(=O)CCOc1ccc(S(=O)(=O)N(C)Cc2ccco2)cc1. The second kappa shape index (κ2) is 8.03. The van der Waals surface area contributed by atoms with Crippen LogP contribution in [0.5, 0.6) is 5.75 Å². The minimum absolute atomic E-state index is 0.0284. The molecule has 0 aliphatic rings. The molecular formula is C16H21NO6S2. The Morgan fingerprint density at radius 3 is 2.32 bits per heavy atom. The highest BCUT2D eigenvalue weighted by atomic mass is 32.2. The van der Waals surface area contributed by atoms with Crippen LogP contribution >= 0.6 is 0 Å². The van der Waals surface area contributed by atoms with Crippen LogP contribution in [0.3, 0.4) is 0 Å². The number of nitrogens with zero attached hydrogens (tertiary/aromatic N) is 1. The van der Waals surface area contributed by atoms with Gasteiger partial charge in [-0.2, -0.15) is 4.31 Å². The number of furan rings is 1. The molecule has 0 spiro atoms. The predicted molar refractivity (Wildman–Crippen MR) is 93.6 cm³/mol. The average Bonchev–Trinajstić information content (AvgIpc) is 3.08. The third-order valence-corrected chi connectivity index (χ3v) is 7.08. The van der Waals surface area contributed by atoms with Gasteiger partial charge < -0.3 is 9.15 Å². The first-order chi connectivity index (χ1) is 11.7. The molecule has 138 valence electrons. The molecule has 0 radical (unpaired) electrons. The zero-order chi connectivity index (χ0) is 18.5. The summed E-state index contributed by atoms with van der Waals surface area (Å²) in [5.74, 6) is 0.951. The van der Waals surface area contributed by atoms with Crippen molar-refractivity contribution in [1.82, 2.24) is 4.31 Å². The average molecular weight is 387 g/mol. The summed E-state index contributed by atoms with van der Waals surface area (Å²) in [4.78, 5) is 0.120. The molecule has 2 rings (SSSR count). The van der Waals surface area contributed by atoms with Crippen LogP contribution in [0.1, 0.15) is 12.7 Å². The van der Waals surface area contributed by atoms with Gasteiger partial charge in [0.1, 0.15) is 18.1 Å². The molecule has 0 N–H and O–H groups in total. The maximum atomic E-state index is 12.5. The fraction of sp³-hybridized carbons (Fsp3) is 0.375. The van der Waals surface area contributed by atoms with Crippen molar-refractivity contribution in [3.63, 3.8) is 0 Å². The normalized spacial score (nSPS) is 12.4. The lowest BCUT2D eigenvalue weighted by molar-refractivity contribution is 0.340. The minimum atomic E-state index is -3.66. The molecular weight excluding hydrogens is 366 g/mol. The number of ether oxygens (including phenoxy) is 1. The first-order valence-electron chi connectivity index (χ1n) is 7.66. The van der Waals surface area contributed by atoms with E-state index in [1.165, 1.54) is 41.9 Å². The van der Waals surface area contributed by atoms with Gasteiger partial charge in [0, 0.05) is 12.8 Å². The van der Waals surface area contributed by atoms with E-state index in [4.69, 9.17) is 9.15 Å². The Hall–Kier alpha value is -1.84. The van der Waals surface area contributed by atoms with Crippen LogP contribution in [0.4, 0.5) is 0 Å². The van der Waals surface area contributed by atoms with E-state index in [0.29, 0.717) is 11.5 Å². The fourth-order valence-electron chi connectivity index (χ4n) is 2.03. The lowest BCUT2D eigenvalue weighted by Gasteiger charge is -2.16. The lowest BCUT2D eigenvalue weighted by atomic mass is 10.3. The Morgan fingerprint density at radius 2 is 1.76 bits per heavy atom. The molecule has 0 fully saturated rings. The van der Waals surface area contributed by atoms with Crippen molar-refractivity contribution in [2.45, 2.75) is 18.4 Å². The molecule has 9 heteroatoms. The molecule has 0 saturated carbocycles. The van der Waals surface area contributed by atoms with E-state index < -0.39 is 19.9 Å². The van der Waals surface area contributed by atoms with E-state index in [1.807, 2.05) is 0 Å². The summed E-state index contributed by atoms with van der Waals surface area (Å²) in [6, 6.07) is 9.27. The second-order valence-corrected chi connectivity index (χ2v) is 9.91. The molecule has 25 heavy (non-hydrogen) atoms. The Kier molecular flexibility index (Phi) is 6.26. The van der Waals surface area contributed by atoms with Gasteiger partial charge in [0.2, 0.25) is 10.0 Å². The van der Waals surface area contributed by atoms with Crippen molar-refractivity contribution in [3.8, 4) is 5.75 Å².